The van der Waals surface area contributed by atoms with Crippen LogP contribution in [-0.2, 0) is 0 Å². The summed E-state index contributed by atoms with van der Waals surface area (Å²) < 4.78 is 2.71. The van der Waals surface area contributed by atoms with Crippen molar-refractivity contribution in [2.75, 3.05) is 0 Å². The maximum atomic E-state index is 4.39. The number of aromatic nitrogens is 3. The summed E-state index contributed by atoms with van der Waals surface area (Å²) in [5.41, 5.74) is 3.07. The summed E-state index contributed by atoms with van der Waals surface area (Å²) in [4.78, 5) is 4.39. The Balaban J connectivity index is 2.87. The molecule has 0 aliphatic carbocycles. The van der Waals surface area contributed by atoms with Crippen LogP contribution in [0.1, 0.15) is 11.3 Å². The van der Waals surface area contributed by atoms with E-state index in [1.807, 2.05) is 20.0 Å². The molecule has 2 aromatic rings. The summed E-state index contributed by atoms with van der Waals surface area (Å²) >= 11 is 3.38. The van der Waals surface area contributed by atoms with Gasteiger partial charge >= 0.3 is 0 Å². The third-order valence-electron chi connectivity index (χ3n) is 1.89. The summed E-state index contributed by atoms with van der Waals surface area (Å²) in [6, 6.07) is 0. The molecule has 0 N–H and O–H groups in total. The van der Waals surface area contributed by atoms with E-state index in [0.717, 1.165) is 21.4 Å². The van der Waals surface area contributed by atoms with Crippen molar-refractivity contribution in [2.24, 2.45) is 0 Å². The molecule has 3 nitrogen and oxygen atoms in total. The second-order valence-corrected chi connectivity index (χ2v) is 3.62. The Labute approximate surface area is 78.6 Å². The second kappa shape index (κ2) is 2.55. The molecule has 12 heavy (non-hydrogen) atoms. The van der Waals surface area contributed by atoms with Gasteiger partial charge in [-0.2, -0.15) is 5.10 Å². The fourth-order valence-corrected chi connectivity index (χ4v) is 1.42. The standard InChI is InChI=1S/C8H8BrN3/c1-5-4-12-8(11-6(5)2)7(9)3-10-12/h3-4H,1-2H3. The molecule has 0 fully saturated rings. The normalized spacial score (nSPS) is 10.9. The largest absolute Gasteiger partial charge is 0.233 e. The molecule has 0 amide bonds. The van der Waals surface area contributed by atoms with Crippen LogP contribution in [0.5, 0.6) is 0 Å². The van der Waals surface area contributed by atoms with E-state index in [1.165, 1.54) is 0 Å². The lowest BCUT2D eigenvalue weighted by Gasteiger charge is -1.99. The number of aryl methyl sites for hydroxylation is 2. The minimum absolute atomic E-state index is 0.873. The van der Waals surface area contributed by atoms with Gasteiger partial charge in [0.15, 0.2) is 5.65 Å². The van der Waals surface area contributed by atoms with E-state index < -0.39 is 0 Å². The van der Waals surface area contributed by atoms with Gasteiger partial charge in [0.25, 0.3) is 0 Å². The molecule has 4 heteroatoms. The van der Waals surface area contributed by atoms with Crippen LogP contribution in [0, 0.1) is 13.8 Å². The molecule has 0 bridgehead atoms. The predicted octanol–water partition coefficient (Wildman–Crippen LogP) is 2.11. The first-order valence-corrected chi connectivity index (χ1v) is 4.45. The van der Waals surface area contributed by atoms with Crippen LogP contribution < -0.4 is 0 Å². The van der Waals surface area contributed by atoms with Crippen molar-refractivity contribution < 1.29 is 0 Å². The van der Waals surface area contributed by atoms with E-state index >= 15 is 0 Å². The number of hydrogen-bond donors (Lipinski definition) is 0. The van der Waals surface area contributed by atoms with Crippen LogP contribution in [0.3, 0.4) is 0 Å². The molecule has 2 rings (SSSR count). The third kappa shape index (κ3) is 1.03. The number of fused-ring (bicyclic) bond motifs is 1. The molecule has 0 saturated carbocycles. The Bertz CT molecular complexity index is 433. The summed E-state index contributed by atoms with van der Waals surface area (Å²) in [6.45, 7) is 4.02. The SMILES string of the molecule is Cc1cn2ncc(Br)c2nc1C. The minimum Gasteiger partial charge on any atom is -0.233 e. The molecule has 0 aromatic carbocycles. The van der Waals surface area contributed by atoms with Gasteiger partial charge in [-0.25, -0.2) is 9.50 Å². The van der Waals surface area contributed by atoms with Gasteiger partial charge < -0.3 is 0 Å². The van der Waals surface area contributed by atoms with Gasteiger partial charge in [0, 0.05) is 11.9 Å². The van der Waals surface area contributed by atoms with Gasteiger partial charge in [-0.3, -0.25) is 0 Å². The Hall–Kier alpha value is -0.900. The first-order valence-electron chi connectivity index (χ1n) is 3.65. The molecule has 62 valence electrons. The van der Waals surface area contributed by atoms with Crippen molar-refractivity contribution in [1.82, 2.24) is 14.6 Å². The summed E-state index contributed by atoms with van der Waals surface area (Å²) in [7, 11) is 0. The lowest BCUT2D eigenvalue weighted by Crippen LogP contribution is -1.95. The number of rotatable bonds is 0. The molecule has 2 aromatic heterocycles. The molecule has 0 atom stereocenters. The molecule has 2 heterocycles. The fourth-order valence-electron chi connectivity index (χ4n) is 1.06. The van der Waals surface area contributed by atoms with E-state index in [9.17, 15) is 0 Å². The van der Waals surface area contributed by atoms with Gasteiger partial charge in [-0.05, 0) is 35.3 Å². The van der Waals surface area contributed by atoms with Crippen LogP contribution >= 0.6 is 15.9 Å². The molecular formula is C8H8BrN3. The molecule has 0 spiro atoms. The maximum Gasteiger partial charge on any atom is 0.169 e. The van der Waals surface area contributed by atoms with Gasteiger partial charge in [0.1, 0.15) is 0 Å². The van der Waals surface area contributed by atoms with Gasteiger partial charge in [0.2, 0.25) is 0 Å². The first-order chi connectivity index (χ1) is 5.68. The minimum atomic E-state index is 0.873. The van der Waals surface area contributed by atoms with E-state index in [-0.39, 0.29) is 0 Å². The van der Waals surface area contributed by atoms with E-state index in [4.69, 9.17) is 0 Å². The quantitative estimate of drug-likeness (QED) is 0.688. The highest BCUT2D eigenvalue weighted by Crippen LogP contribution is 2.16. The third-order valence-corrected chi connectivity index (χ3v) is 2.45. The molecule has 0 aliphatic heterocycles. The highest BCUT2D eigenvalue weighted by Gasteiger charge is 2.03. The van der Waals surface area contributed by atoms with Crippen molar-refractivity contribution in [1.29, 1.82) is 0 Å². The average Bonchev–Trinajstić information content (AvgIpc) is 2.35. The zero-order valence-corrected chi connectivity index (χ0v) is 8.46. The fraction of sp³-hybridized carbons (Fsp3) is 0.250. The molecule has 0 aliphatic rings. The molecular weight excluding hydrogens is 218 g/mol. The predicted molar refractivity (Wildman–Crippen MR) is 50.2 cm³/mol. The highest BCUT2D eigenvalue weighted by atomic mass is 79.9. The smallest absolute Gasteiger partial charge is 0.169 e. The second-order valence-electron chi connectivity index (χ2n) is 2.77. The van der Waals surface area contributed by atoms with Crippen molar-refractivity contribution >= 4 is 21.6 Å². The van der Waals surface area contributed by atoms with Crippen molar-refractivity contribution in [3.05, 3.63) is 28.1 Å². The monoisotopic (exact) mass is 225 g/mol. The topological polar surface area (TPSA) is 30.2 Å². The highest BCUT2D eigenvalue weighted by molar-refractivity contribution is 9.10. The summed E-state index contributed by atoms with van der Waals surface area (Å²) in [6.07, 6.45) is 3.73. The summed E-state index contributed by atoms with van der Waals surface area (Å²) in [5.74, 6) is 0. The van der Waals surface area contributed by atoms with E-state index in [1.54, 1.807) is 10.7 Å². The number of halogens is 1. The molecule has 0 unspecified atom stereocenters. The van der Waals surface area contributed by atoms with Crippen molar-refractivity contribution in [2.45, 2.75) is 13.8 Å². The van der Waals surface area contributed by atoms with E-state index in [2.05, 4.69) is 26.0 Å². The zero-order chi connectivity index (χ0) is 8.72. The molecule has 0 radical (unpaired) electrons. The number of hydrogen-bond acceptors (Lipinski definition) is 2. The van der Waals surface area contributed by atoms with Crippen LogP contribution in [0.4, 0.5) is 0 Å². The zero-order valence-electron chi connectivity index (χ0n) is 6.87. The van der Waals surface area contributed by atoms with Crippen LogP contribution in [-0.4, -0.2) is 14.6 Å². The van der Waals surface area contributed by atoms with Crippen LogP contribution in [0.15, 0.2) is 16.9 Å². The average molecular weight is 226 g/mol. The Morgan fingerprint density at radius 1 is 1.42 bits per heavy atom. The lowest BCUT2D eigenvalue weighted by molar-refractivity contribution is 0.915. The maximum absolute atomic E-state index is 4.39. The Morgan fingerprint density at radius 2 is 2.17 bits per heavy atom. The molecule has 0 saturated heterocycles. The van der Waals surface area contributed by atoms with Crippen LogP contribution in [0.25, 0.3) is 5.65 Å². The van der Waals surface area contributed by atoms with Gasteiger partial charge in [0.05, 0.1) is 10.7 Å². The van der Waals surface area contributed by atoms with Gasteiger partial charge in [-0.1, -0.05) is 0 Å². The van der Waals surface area contributed by atoms with Crippen molar-refractivity contribution in [3.8, 4) is 0 Å². The Kier molecular flexibility index (Phi) is 1.65. The van der Waals surface area contributed by atoms with Crippen molar-refractivity contribution in [3.63, 3.8) is 0 Å². The summed E-state index contributed by atoms with van der Waals surface area (Å²) in [5, 5.41) is 4.13. The van der Waals surface area contributed by atoms with Crippen LogP contribution in [0.2, 0.25) is 0 Å². The first kappa shape index (κ1) is 7.73. The number of nitrogens with zero attached hydrogens (tertiary/aromatic N) is 3. The van der Waals surface area contributed by atoms with E-state index in [0.29, 0.717) is 0 Å². The van der Waals surface area contributed by atoms with Gasteiger partial charge in [-0.15, -0.1) is 0 Å². The lowest BCUT2D eigenvalue weighted by atomic mass is 10.3. The Morgan fingerprint density at radius 3 is 2.92 bits per heavy atom.